The van der Waals surface area contributed by atoms with E-state index in [0.717, 1.165) is 0 Å². The number of hydrogen-bond donors (Lipinski definition) is 1. The largest absolute Gasteiger partial charge is 0.321 e. The van der Waals surface area contributed by atoms with E-state index in [9.17, 15) is 0 Å². The molecule has 2 fully saturated rings. The van der Waals surface area contributed by atoms with Gasteiger partial charge in [-0.05, 0) is 48.1 Å². The van der Waals surface area contributed by atoms with E-state index in [0.29, 0.717) is 11.3 Å². The van der Waals surface area contributed by atoms with Crippen molar-refractivity contribution >= 4 is 0 Å². The quantitative estimate of drug-likeness (QED) is 0.802. The van der Waals surface area contributed by atoms with Gasteiger partial charge in [-0.2, -0.15) is 0 Å². The van der Waals surface area contributed by atoms with E-state index in [4.69, 9.17) is 5.73 Å². The van der Waals surface area contributed by atoms with Gasteiger partial charge in [-0.25, -0.2) is 0 Å². The molecule has 2 aliphatic carbocycles. The van der Waals surface area contributed by atoms with Crippen LogP contribution in [0.15, 0.2) is 24.3 Å². The highest BCUT2D eigenvalue weighted by Crippen LogP contribution is 2.66. The Labute approximate surface area is 98.0 Å². The van der Waals surface area contributed by atoms with Gasteiger partial charge in [-0.1, -0.05) is 38.1 Å². The molecule has 1 spiro atoms. The van der Waals surface area contributed by atoms with Crippen molar-refractivity contribution in [3.63, 3.8) is 0 Å². The van der Waals surface area contributed by atoms with Gasteiger partial charge in [0.05, 0.1) is 0 Å². The molecule has 0 bridgehead atoms. The average molecular weight is 215 g/mol. The molecule has 3 rings (SSSR count). The molecule has 1 aromatic carbocycles. The van der Waals surface area contributed by atoms with Crippen LogP contribution in [0, 0.1) is 5.41 Å². The van der Waals surface area contributed by atoms with Crippen molar-refractivity contribution < 1.29 is 0 Å². The molecule has 0 heterocycles. The molecular weight excluding hydrogens is 194 g/mol. The minimum absolute atomic E-state index is 0.00793. The smallest absolute Gasteiger partial charge is 0.0420 e. The Kier molecular flexibility index (Phi) is 2.00. The SMILES string of the molecule is CC(C)c1ccc(C2(N)CC3(CC3)C2)cc1. The zero-order valence-corrected chi connectivity index (χ0v) is 10.3. The summed E-state index contributed by atoms with van der Waals surface area (Å²) in [6.07, 6.45) is 5.24. The van der Waals surface area contributed by atoms with Crippen LogP contribution in [-0.2, 0) is 5.54 Å². The molecule has 1 heteroatoms. The summed E-state index contributed by atoms with van der Waals surface area (Å²) in [4.78, 5) is 0. The molecule has 0 aromatic heterocycles. The molecule has 1 nitrogen and oxygen atoms in total. The van der Waals surface area contributed by atoms with E-state index in [1.54, 1.807) is 0 Å². The van der Waals surface area contributed by atoms with Crippen molar-refractivity contribution in [3.05, 3.63) is 35.4 Å². The van der Waals surface area contributed by atoms with E-state index >= 15 is 0 Å². The fraction of sp³-hybridized carbons (Fsp3) is 0.600. The molecule has 0 atom stereocenters. The van der Waals surface area contributed by atoms with E-state index in [-0.39, 0.29) is 5.54 Å². The molecule has 2 saturated carbocycles. The van der Waals surface area contributed by atoms with Crippen molar-refractivity contribution in [2.45, 2.75) is 51.0 Å². The number of benzene rings is 1. The zero-order chi connectivity index (χ0) is 11.4. The molecule has 2 aliphatic rings. The fourth-order valence-corrected chi connectivity index (χ4v) is 3.22. The summed E-state index contributed by atoms with van der Waals surface area (Å²) in [5.74, 6) is 0.610. The molecular formula is C15H21N. The van der Waals surface area contributed by atoms with Gasteiger partial charge in [-0.3, -0.25) is 0 Å². The van der Waals surface area contributed by atoms with E-state index in [1.165, 1.54) is 36.8 Å². The standard InChI is InChI=1S/C15H21N/c1-11(2)12-3-5-13(6-4-12)15(16)9-14(10-15)7-8-14/h3-6,11H,7-10,16H2,1-2H3. The maximum absolute atomic E-state index is 6.47. The van der Waals surface area contributed by atoms with Gasteiger partial charge < -0.3 is 5.73 Å². The van der Waals surface area contributed by atoms with Gasteiger partial charge in [0, 0.05) is 5.54 Å². The Bertz CT molecular complexity index is 390. The van der Waals surface area contributed by atoms with Gasteiger partial charge in [0.25, 0.3) is 0 Å². The lowest BCUT2D eigenvalue weighted by Gasteiger charge is -2.46. The third kappa shape index (κ3) is 1.49. The maximum Gasteiger partial charge on any atom is 0.0420 e. The second-order valence-corrected chi connectivity index (χ2v) is 6.29. The van der Waals surface area contributed by atoms with Crippen LogP contribution in [0.25, 0.3) is 0 Å². The second kappa shape index (κ2) is 3.10. The molecule has 0 saturated heterocycles. The molecule has 0 amide bonds. The molecule has 16 heavy (non-hydrogen) atoms. The van der Waals surface area contributed by atoms with E-state index in [1.807, 2.05) is 0 Å². The van der Waals surface area contributed by atoms with Crippen LogP contribution in [0.3, 0.4) is 0 Å². The molecule has 86 valence electrons. The van der Waals surface area contributed by atoms with Gasteiger partial charge >= 0.3 is 0 Å². The third-order valence-electron chi connectivity index (χ3n) is 4.49. The Morgan fingerprint density at radius 2 is 1.62 bits per heavy atom. The van der Waals surface area contributed by atoms with Crippen molar-refractivity contribution in [2.24, 2.45) is 11.1 Å². The van der Waals surface area contributed by atoms with Crippen LogP contribution >= 0.6 is 0 Å². The lowest BCUT2D eigenvalue weighted by atomic mass is 9.63. The minimum Gasteiger partial charge on any atom is -0.321 e. The summed E-state index contributed by atoms with van der Waals surface area (Å²) in [6.45, 7) is 4.46. The first-order chi connectivity index (χ1) is 7.53. The van der Waals surface area contributed by atoms with Gasteiger partial charge in [0.2, 0.25) is 0 Å². The Hall–Kier alpha value is -0.820. The average Bonchev–Trinajstić information content (AvgIpc) is 2.97. The summed E-state index contributed by atoms with van der Waals surface area (Å²) < 4.78 is 0. The third-order valence-corrected chi connectivity index (χ3v) is 4.49. The highest BCUT2D eigenvalue weighted by Gasteiger charge is 2.59. The lowest BCUT2D eigenvalue weighted by molar-refractivity contribution is 0.125. The Morgan fingerprint density at radius 3 is 2.06 bits per heavy atom. The Morgan fingerprint density at radius 1 is 1.06 bits per heavy atom. The second-order valence-electron chi connectivity index (χ2n) is 6.29. The van der Waals surface area contributed by atoms with Crippen molar-refractivity contribution in [1.29, 1.82) is 0 Å². The van der Waals surface area contributed by atoms with Crippen LogP contribution in [0.1, 0.15) is 56.6 Å². The zero-order valence-electron chi connectivity index (χ0n) is 10.3. The number of nitrogens with two attached hydrogens (primary N) is 1. The van der Waals surface area contributed by atoms with Crippen molar-refractivity contribution in [1.82, 2.24) is 0 Å². The first-order valence-electron chi connectivity index (χ1n) is 6.42. The van der Waals surface area contributed by atoms with Crippen LogP contribution < -0.4 is 5.73 Å². The predicted molar refractivity (Wildman–Crippen MR) is 67.3 cm³/mol. The summed E-state index contributed by atoms with van der Waals surface area (Å²) in [6, 6.07) is 8.97. The van der Waals surface area contributed by atoms with E-state index < -0.39 is 0 Å². The molecule has 0 radical (unpaired) electrons. The topological polar surface area (TPSA) is 26.0 Å². The molecule has 1 aromatic rings. The summed E-state index contributed by atoms with van der Waals surface area (Å²) in [5.41, 5.74) is 9.88. The molecule has 0 unspecified atom stereocenters. The number of rotatable bonds is 2. The summed E-state index contributed by atoms with van der Waals surface area (Å²) in [7, 11) is 0. The normalized spacial score (nSPS) is 24.5. The van der Waals surface area contributed by atoms with Crippen molar-refractivity contribution in [2.75, 3.05) is 0 Å². The van der Waals surface area contributed by atoms with Gasteiger partial charge in [0.1, 0.15) is 0 Å². The van der Waals surface area contributed by atoms with Crippen LogP contribution in [0.4, 0.5) is 0 Å². The van der Waals surface area contributed by atoms with Gasteiger partial charge in [-0.15, -0.1) is 0 Å². The monoisotopic (exact) mass is 215 g/mol. The minimum atomic E-state index is -0.00793. The maximum atomic E-state index is 6.47. The highest BCUT2D eigenvalue weighted by atomic mass is 14.8. The first-order valence-corrected chi connectivity index (χ1v) is 6.42. The van der Waals surface area contributed by atoms with Gasteiger partial charge in [0.15, 0.2) is 0 Å². The van der Waals surface area contributed by atoms with Crippen molar-refractivity contribution in [3.8, 4) is 0 Å². The fourth-order valence-electron chi connectivity index (χ4n) is 3.22. The predicted octanol–water partition coefficient (Wildman–Crippen LogP) is 3.54. The number of hydrogen-bond acceptors (Lipinski definition) is 1. The summed E-state index contributed by atoms with van der Waals surface area (Å²) >= 11 is 0. The van der Waals surface area contributed by atoms with E-state index in [2.05, 4.69) is 38.1 Å². The van der Waals surface area contributed by atoms with Crippen LogP contribution in [0.2, 0.25) is 0 Å². The molecule has 0 aliphatic heterocycles. The lowest BCUT2D eigenvalue weighted by Crippen LogP contribution is -2.50. The highest BCUT2D eigenvalue weighted by molar-refractivity contribution is 5.34. The van der Waals surface area contributed by atoms with Crippen LogP contribution in [-0.4, -0.2) is 0 Å². The summed E-state index contributed by atoms with van der Waals surface area (Å²) in [5, 5.41) is 0. The van der Waals surface area contributed by atoms with Crippen LogP contribution in [0.5, 0.6) is 0 Å². The molecule has 2 N–H and O–H groups in total. The first kappa shape index (κ1) is 10.3. The Balaban J connectivity index is 1.79.